The monoisotopic (exact) mass is 736 g/mol. The van der Waals surface area contributed by atoms with E-state index in [2.05, 4.69) is 29.0 Å². The second-order valence-corrected chi connectivity index (χ2v) is 8.28. The summed E-state index contributed by atoms with van der Waals surface area (Å²) in [5.74, 6) is 1.88. The average Bonchev–Trinajstić information content (AvgIpc) is 3.39. The maximum absolute atomic E-state index is 8.02. The Morgan fingerprint density at radius 2 is 1.62 bits per heavy atom. The molecule has 1 aliphatic rings. The number of fused-ring (bicyclic) bond motifs is 1. The minimum absolute atomic E-state index is 0. The third-order valence-corrected chi connectivity index (χ3v) is 5.35. The topological polar surface area (TPSA) is 129 Å². The third kappa shape index (κ3) is 11.1. The van der Waals surface area contributed by atoms with Crippen molar-refractivity contribution >= 4 is 11.5 Å². The van der Waals surface area contributed by atoms with Gasteiger partial charge in [-0.2, -0.15) is 0 Å². The minimum Gasteiger partial charge on any atom is -0.399 e. The molecule has 9 nitrogen and oxygen atoms in total. The molecular weight excluding hydrogens is 694 g/mol. The number of aromatic nitrogens is 2. The second kappa shape index (κ2) is 19.1. The van der Waals surface area contributed by atoms with Gasteiger partial charge in [0.2, 0.25) is 0 Å². The molecule has 2 heterocycles. The smallest absolute Gasteiger partial charge is 0.161 e. The van der Waals surface area contributed by atoms with Crippen molar-refractivity contribution in [2.75, 3.05) is 30.3 Å². The molecule has 0 amide bonds. The molecule has 6 N–H and O–H groups in total. The molecule has 3 aromatic rings. The van der Waals surface area contributed by atoms with Gasteiger partial charge in [-0.25, -0.2) is 20.3 Å². The fraction of sp³-hybridized carbons (Fsp3) is 0.407. The number of anilines is 2. The first-order valence-corrected chi connectivity index (χ1v) is 12.5. The van der Waals surface area contributed by atoms with Gasteiger partial charge in [0.15, 0.2) is 5.82 Å². The molecule has 0 saturated heterocycles. The van der Waals surface area contributed by atoms with Crippen LogP contribution in [0, 0.1) is 31.1 Å². The maximum Gasteiger partial charge on any atom is 0.161 e. The quantitative estimate of drug-likeness (QED) is 0.119. The Bertz CT molecular complexity index is 1010. The second-order valence-electron chi connectivity index (χ2n) is 8.28. The zero-order chi connectivity index (χ0) is 26.2. The van der Waals surface area contributed by atoms with Crippen molar-refractivity contribution in [2.45, 2.75) is 53.3 Å². The number of benzene rings is 2. The normalized spacial score (nSPS) is 11.3. The van der Waals surface area contributed by atoms with Crippen LogP contribution in [0.15, 0.2) is 54.6 Å². The zero-order valence-corrected chi connectivity index (χ0v) is 26.2. The fourth-order valence-corrected chi connectivity index (χ4v) is 3.69. The molecule has 202 valence electrons. The molecule has 0 saturated carbocycles. The summed E-state index contributed by atoms with van der Waals surface area (Å²) in [6, 6.07) is 17.3. The van der Waals surface area contributed by atoms with E-state index in [1.54, 1.807) is 0 Å². The van der Waals surface area contributed by atoms with Gasteiger partial charge in [-0.15, -0.1) is 0 Å². The summed E-state index contributed by atoms with van der Waals surface area (Å²) in [6.07, 6.45) is 2.23. The van der Waals surface area contributed by atoms with E-state index >= 15 is 0 Å². The van der Waals surface area contributed by atoms with Crippen molar-refractivity contribution < 1.29 is 47.9 Å². The number of nitrogens with two attached hydrogens (primary N) is 1. The first-order chi connectivity index (χ1) is 17.6. The molecule has 2 aromatic carbocycles. The molecule has 0 radical (unpaired) electrons. The van der Waals surface area contributed by atoms with E-state index in [0.717, 1.165) is 73.2 Å². The van der Waals surface area contributed by atoms with Crippen molar-refractivity contribution in [1.82, 2.24) is 20.8 Å². The van der Waals surface area contributed by atoms with Crippen LogP contribution in [-0.4, -0.2) is 40.1 Å². The van der Waals surface area contributed by atoms with Gasteiger partial charge >= 0.3 is 0 Å². The van der Waals surface area contributed by atoms with E-state index in [9.17, 15) is 0 Å². The predicted octanol–water partition coefficient (Wildman–Crippen LogP) is 4.86. The van der Waals surface area contributed by atoms with Crippen molar-refractivity contribution in [1.29, 1.82) is 0 Å². The van der Waals surface area contributed by atoms with E-state index < -0.39 is 0 Å². The molecule has 0 aliphatic carbocycles. The summed E-state index contributed by atoms with van der Waals surface area (Å²) < 4.78 is 0. The number of rotatable bonds is 9. The Kier molecular flexibility index (Phi) is 17.0. The molecule has 1 aromatic heterocycles. The van der Waals surface area contributed by atoms with Gasteiger partial charge in [0.05, 0.1) is 5.69 Å². The number of nitrogen functional groups attached to an aromatic ring is 1. The minimum atomic E-state index is 0. The number of nitrogens with one attached hydrogen (secondary N) is 2. The van der Waals surface area contributed by atoms with Crippen LogP contribution in [0.4, 0.5) is 11.5 Å². The van der Waals surface area contributed by atoms with Crippen LogP contribution in [0.5, 0.6) is 0 Å². The van der Waals surface area contributed by atoms with Crippen molar-refractivity contribution in [2.24, 2.45) is 0 Å². The van der Waals surface area contributed by atoms with Crippen LogP contribution in [-0.2, 0) is 24.6 Å². The van der Waals surface area contributed by atoms with Crippen molar-refractivity contribution in [3.8, 4) is 11.4 Å². The number of hydrogen-bond donors (Lipinski definition) is 5. The van der Waals surface area contributed by atoms with Crippen LogP contribution in [0.25, 0.3) is 11.4 Å². The van der Waals surface area contributed by atoms with E-state index in [1.165, 1.54) is 5.56 Å². The zero-order valence-electron chi connectivity index (χ0n) is 22.1. The SMILES string of the molecule is CCCN(CCC)c1nc(-c2ccc(N)cc2)nc2c1CNC2.CCNO.OOCc1ccccc1.[HH].[U]. The van der Waals surface area contributed by atoms with Gasteiger partial charge in [0.1, 0.15) is 12.4 Å². The molecule has 0 bridgehead atoms. The summed E-state index contributed by atoms with van der Waals surface area (Å²) in [7, 11) is 0. The van der Waals surface area contributed by atoms with Crippen molar-refractivity contribution in [3.63, 3.8) is 0 Å². The van der Waals surface area contributed by atoms with E-state index in [4.69, 9.17) is 26.2 Å². The Balaban J connectivity index is 0.000000764. The van der Waals surface area contributed by atoms with Crippen molar-refractivity contribution in [3.05, 3.63) is 71.4 Å². The Hall–Kier alpha value is -2.03. The molecule has 4 rings (SSSR count). The Labute approximate surface area is 245 Å². The van der Waals surface area contributed by atoms with Crippen LogP contribution >= 0.6 is 0 Å². The van der Waals surface area contributed by atoms with E-state index in [-0.39, 0.29) is 39.1 Å². The summed E-state index contributed by atoms with van der Waals surface area (Å²) >= 11 is 0. The molecule has 0 fully saturated rings. The summed E-state index contributed by atoms with van der Waals surface area (Å²) in [4.78, 5) is 16.0. The summed E-state index contributed by atoms with van der Waals surface area (Å²) in [5, 5.41) is 19.1. The number of hydroxylamine groups is 1. The van der Waals surface area contributed by atoms with Crippen LogP contribution in [0.1, 0.15) is 51.9 Å². The molecule has 37 heavy (non-hydrogen) atoms. The molecule has 10 heteroatoms. The first-order valence-electron chi connectivity index (χ1n) is 12.5. The Morgan fingerprint density at radius 3 is 2.16 bits per heavy atom. The molecule has 0 spiro atoms. The van der Waals surface area contributed by atoms with E-state index in [1.807, 2.05) is 67.0 Å². The molecular formula is C27H42N6O3U. The molecule has 1 aliphatic heterocycles. The van der Waals surface area contributed by atoms with E-state index in [0.29, 0.717) is 6.54 Å². The van der Waals surface area contributed by atoms with Crippen LogP contribution in [0.3, 0.4) is 0 Å². The summed E-state index contributed by atoms with van der Waals surface area (Å²) in [5.41, 5.74) is 12.9. The Morgan fingerprint density at radius 1 is 1.00 bits per heavy atom. The standard InChI is InChI=1S/C18H25N5.C7H8O2.C2H7NO.U.H2/c1-3-9-23(10-4-2)18-15-11-20-12-16(15)21-17(22-18)13-5-7-14(19)8-6-13;8-9-6-7-4-2-1-3-5-7;1-2-3-4;;/h5-8,20H,3-4,9-12,19H2,1-2H3;1-5,8H,6H2;3-4H,2H2,1H3;;1H. The van der Waals surface area contributed by atoms with Crippen LogP contribution < -0.4 is 21.4 Å². The van der Waals surface area contributed by atoms with Gasteiger partial charge in [0, 0.05) is 82.1 Å². The molecule has 0 unspecified atom stereocenters. The van der Waals surface area contributed by atoms with Gasteiger partial charge in [-0.3, -0.25) is 5.26 Å². The predicted molar refractivity (Wildman–Crippen MR) is 147 cm³/mol. The third-order valence-electron chi connectivity index (χ3n) is 5.35. The largest absolute Gasteiger partial charge is 0.399 e. The maximum atomic E-state index is 8.02. The molecule has 0 atom stereocenters. The van der Waals surface area contributed by atoms with Crippen LogP contribution in [0.2, 0.25) is 0 Å². The first kappa shape index (κ1) is 33.0. The average molecular weight is 737 g/mol. The number of hydrogen-bond acceptors (Lipinski definition) is 9. The fourth-order valence-electron chi connectivity index (χ4n) is 3.69. The summed E-state index contributed by atoms with van der Waals surface area (Å²) in [6.45, 7) is 10.9. The van der Waals surface area contributed by atoms with Gasteiger partial charge in [-0.1, -0.05) is 51.1 Å². The van der Waals surface area contributed by atoms with Gasteiger partial charge in [0.25, 0.3) is 0 Å². The van der Waals surface area contributed by atoms with Gasteiger partial charge in [-0.05, 0) is 42.7 Å². The number of nitrogens with zero attached hydrogens (tertiary/aromatic N) is 3. The van der Waals surface area contributed by atoms with Gasteiger partial charge < -0.3 is 21.2 Å².